The second-order valence-corrected chi connectivity index (χ2v) is 7.72. The Morgan fingerprint density at radius 3 is 2.61 bits per heavy atom. The second-order valence-electron chi connectivity index (χ2n) is 6.93. The molecule has 0 unspecified atom stereocenters. The molecular weight excluding hydrogens is 450 g/mol. The van der Waals surface area contributed by atoms with Gasteiger partial charge >= 0.3 is 5.97 Å². The summed E-state index contributed by atoms with van der Waals surface area (Å²) in [5.41, 5.74) is 1.04. The van der Waals surface area contributed by atoms with Crippen molar-refractivity contribution in [1.82, 2.24) is 9.97 Å². The number of hydrogen-bond acceptors (Lipinski definition) is 10. The van der Waals surface area contributed by atoms with Crippen LogP contribution in [0.5, 0.6) is 11.5 Å². The number of thioether (sulfide) groups is 1. The first-order valence-corrected chi connectivity index (χ1v) is 11.0. The number of Topliss-reactive ketones (excluding diaryl/α,β-unsaturated/α-hetero) is 1. The van der Waals surface area contributed by atoms with E-state index in [0.717, 1.165) is 0 Å². The molecule has 3 aromatic rings. The summed E-state index contributed by atoms with van der Waals surface area (Å²) < 4.78 is 21.1. The molecule has 1 aliphatic rings. The van der Waals surface area contributed by atoms with Crippen molar-refractivity contribution in [3.05, 3.63) is 47.3 Å². The highest BCUT2D eigenvalue weighted by Crippen LogP contribution is 2.37. The third-order valence-electron chi connectivity index (χ3n) is 4.70. The Bertz CT molecular complexity index is 1240. The van der Waals surface area contributed by atoms with Gasteiger partial charge in [0.15, 0.2) is 35.5 Å². The number of benzene rings is 1. The smallest absolute Gasteiger partial charge is 0.343 e. The van der Waals surface area contributed by atoms with Gasteiger partial charge in [0, 0.05) is 11.6 Å². The molecule has 33 heavy (non-hydrogen) atoms. The molecule has 4 rings (SSSR count). The van der Waals surface area contributed by atoms with Gasteiger partial charge in [-0.05, 0) is 38.3 Å². The van der Waals surface area contributed by atoms with Crippen LogP contribution in [0.15, 0.2) is 40.0 Å². The highest BCUT2D eigenvalue weighted by molar-refractivity contribution is 7.98. The zero-order valence-electron chi connectivity index (χ0n) is 18.0. The first-order valence-electron chi connectivity index (χ1n) is 9.75. The molecule has 0 saturated carbocycles. The van der Waals surface area contributed by atoms with Crippen LogP contribution in [0, 0.1) is 6.92 Å². The number of ketones is 1. The molecule has 2 aromatic heterocycles. The number of nitrogens with zero attached hydrogens (tertiary/aromatic N) is 2. The van der Waals surface area contributed by atoms with Crippen LogP contribution in [0.4, 0.5) is 5.69 Å². The van der Waals surface area contributed by atoms with Crippen molar-refractivity contribution < 1.29 is 33.0 Å². The van der Waals surface area contributed by atoms with E-state index in [9.17, 15) is 14.4 Å². The lowest BCUT2D eigenvalue weighted by atomic mass is 10.1. The van der Waals surface area contributed by atoms with Gasteiger partial charge in [0.2, 0.25) is 6.79 Å². The maximum absolute atomic E-state index is 12.7. The van der Waals surface area contributed by atoms with E-state index in [1.54, 1.807) is 25.3 Å². The number of esters is 1. The van der Waals surface area contributed by atoms with E-state index < -0.39 is 18.5 Å². The molecule has 0 saturated heterocycles. The van der Waals surface area contributed by atoms with Crippen LogP contribution in [-0.2, 0) is 9.53 Å². The molecule has 0 bridgehead atoms. The highest BCUT2D eigenvalue weighted by atomic mass is 32.2. The minimum absolute atomic E-state index is 0.0274. The van der Waals surface area contributed by atoms with Gasteiger partial charge in [-0.25, -0.2) is 14.8 Å². The van der Waals surface area contributed by atoms with Crippen molar-refractivity contribution in [1.29, 1.82) is 0 Å². The number of amides is 1. The quantitative estimate of drug-likeness (QED) is 0.237. The first-order chi connectivity index (χ1) is 15.9. The lowest BCUT2D eigenvalue weighted by Gasteiger charge is -2.12. The van der Waals surface area contributed by atoms with Crippen molar-refractivity contribution >= 4 is 35.1 Å². The fraction of sp³-hybridized carbons (Fsp3) is 0.227. The summed E-state index contributed by atoms with van der Waals surface area (Å²) in [4.78, 5) is 45.8. The molecule has 11 heteroatoms. The molecule has 3 heterocycles. The summed E-state index contributed by atoms with van der Waals surface area (Å²) in [5, 5.41) is 2.98. The molecule has 0 atom stereocenters. The normalized spacial score (nSPS) is 11.8. The largest absolute Gasteiger partial charge is 0.461 e. The summed E-state index contributed by atoms with van der Waals surface area (Å²) >= 11 is 1.25. The van der Waals surface area contributed by atoms with Crippen molar-refractivity contribution in [2.24, 2.45) is 0 Å². The maximum atomic E-state index is 12.7. The monoisotopic (exact) mass is 469 g/mol. The highest BCUT2D eigenvalue weighted by Gasteiger charge is 2.23. The SMILES string of the molecule is CSc1nc(-c2ccco2)nc(C)c1C(=O)OCC(=O)Nc1cc2c(cc1C(C)=O)OCO2. The second kappa shape index (κ2) is 9.33. The van der Waals surface area contributed by atoms with Crippen LogP contribution >= 0.6 is 11.8 Å². The fourth-order valence-corrected chi connectivity index (χ4v) is 3.78. The molecule has 0 fully saturated rings. The van der Waals surface area contributed by atoms with E-state index in [2.05, 4.69) is 15.3 Å². The molecular formula is C22H19N3O7S. The minimum Gasteiger partial charge on any atom is -0.461 e. The Hall–Kier alpha value is -3.86. The number of carbonyl (C=O) groups excluding carboxylic acids is 3. The fourth-order valence-electron chi connectivity index (χ4n) is 3.17. The molecule has 1 N–H and O–H groups in total. The molecule has 1 amide bonds. The Morgan fingerprint density at radius 2 is 1.94 bits per heavy atom. The number of rotatable bonds is 7. The molecule has 0 spiro atoms. The van der Waals surface area contributed by atoms with E-state index in [1.165, 1.54) is 37.1 Å². The summed E-state index contributed by atoms with van der Waals surface area (Å²) in [6, 6.07) is 6.42. The number of nitrogens with one attached hydrogen (secondary N) is 1. The van der Waals surface area contributed by atoms with Gasteiger partial charge in [0.25, 0.3) is 5.91 Å². The summed E-state index contributed by atoms with van der Waals surface area (Å²) in [7, 11) is 0. The predicted molar refractivity (Wildman–Crippen MR) is 118 cm³/mol. The molecule has 1 aliphatic heterocycles. The Morgan fingerprint density at radius 1 is 1.18 bits per heavy atom. The molecule has 170 valence electrons. The van der Waals surface area contributed by atoms with Crippen molar-refractivity contribution in [2.45, 2.75) is 18.9 Å². The number of carbonyl (C=O) groups is 3. The molecule has 0 aliphatic carbocycles. The van der Waals surface area contributed by atoms with Crippen LogP contribution < -0.4 is 14.8 Å². The van der Waals surface area contributed by atoms with Crippen LogP contribution in [0.3, 0.4) is 0 Å². The lowest BCUT2D eigenvalue weighted by Crippen LogP contribution is -2.23. The van der Waals surface area contributed by atoms with Gasteiger partial charge in [-0.1, -0.05) is 0 Å². The zero-order valence-corrected chi connectivity index (χ0v) is 18.8. The number of hydrogen-bond donors (Lipinski definition) is 1. The van der Waals surface area contributed by atoms with Gasteiger partial charge < -0.3 is 23.9 Å². The van der Waals surface area contributed by atoms with E-state index in [4.69, 9.17) is 18.6 Å². The van der Waals surface area contributed by atoms with Crippen molar-refractivity contribution in [2.75, 3.05) is 25.0 Å². The summed E-state index contributed by atoms with van der Waals surface area (Å²) in [5.74, 6) is 0.00345. The topological polar surface area (TPSA) is 130 Å². The van der Waals surface area contributed by atoms with E-state index in [0.29, 0.717) is 33.8 Å². The molecule has 1 aromatic carbocycles. The Kier molecular flexibility index (Phi) is 6.31. The van der Waals surface area contributed by atoms with Crippen LogP contribution in [-0.4, -0.2) is 47.3 Å². The van der Waals surface area contributed by atoms with Gasteiger partial charge in [-0.2, -0.15) is 0 Å². The molecule has 10 nitrogen and oxygen atoms in total. The number of aromatic nitrogens is 2. The van der Waals surface area contributed by atoms with Gasteiger partial charge in [0.1, 0.15) is 10.6 Å². The maximum Gasteiger partial charge on any atom is 0.343 e. The zero-order chi connectivity index (χ0) is 23.5. The standard InChI is InChI=1S/C22H19N3O7S/c1-11-19(21(33-3)25-20(23-11)15-5-4-6-29-15)22(28)30-9-18(27)24-14-8-17-16(31-10-32-17)7-13(14)12(2)26/h4-8H,9-10H2,1-3H3,(H,24,27). The van der Waals surface area contributed by atoms with Gasteiger partial charge in [0.05, 0.1) is 17.6 Å². The summed E-state index contributed by atoms with van der Waals surface area (Å²) in [6.07, 6.45) is 3.27. The number of fused-ring (bicyclic) bond motifs is 1. The first kappa shape index (κ1) is 22.3. The number of ether oxygens (including phenoxy) is 3. The van der Waals surface area contributed by atoms with Crippen molar-refractivity contribution in [3.63, 3.8) is 0 Å². The average molecular weight is 469 g/mol. The Balaban J connectivity index is 1.47. The van der Waals surface area contributed by atoms with E-state index in [-0.39, 0.29) is 29.4 Å². The van der Waals surface area contributed by atoms with Crippen LogP contribution in [0.2, 0.25) is 0 Å². The third-order valence-corrected chi connectivity index (χ3v) is 5.38. The number of anilines is 1. The Labute approximate surface area is 192 Å². The summed E-state index contributed by atoms with van der Waals surface area (Å²) in [6.45, 7) is 2.47. The average Bonchev–Trinajstić information content (AvgIpc) is 3.48. The number of furan rings is 1. The molecule has 0 radical (unpaired) electrons. The lowest BCUT2D eigenvalue weighted by molar-refractivity contribution is -0.119. The minimum atomic E-state index is -0.740. The predicted octanol–water partition coefficient (Wildman–Crippen LogP) is 3.49. The third kappa shape index (κ3) is 4.67. The van der Waals surface area contributed by atoms with Crippen molar-refractivity contribution in [3.8, 4) is 23.1 Å². The van der Waals surface area contributed by atoms with Crippen LogP contribution in [0.1, 0.15) is 33.3 Å². The van der Waals surface area contributed by atoms with E-state index >= 15 is 0 Å². The van der Waals surface area contributed by atoms with E-state index in [1.807, 2.05) is 0 Å². The number of aryl methyl sites for hydroxylation is 1. The van der Waals surface area contributed by atoms with Gasteiger partial charge in [-0.3, -0.25) is 9.59 Å². The van der Waals surface area contributed by atoms with Crippen LogP contribution in [0.25, 0.3) is 11.6 Å². The van der Waals surface area contributed by atoms with Gasteiger partial charge in [-0.15, -0.1) is 11.8 Å².